The second kappa shape index (κ2) is 7.47. The fourth-order valence-corrected chi connectivity index (χ4v) is 2.97. The number of rotatable bonds is 3. The maximum atomic E-state index is 11.9. The number of benzene rings is 2. The molecule has 0 unspecified atom stereocenters. The number of carbonyl (C=O) groups is 1. The number of aliphatic hydroxyl groups is 1. The van der Waals surface area contributed by atoms with Gasteiger partial charge < -0.3 is 15.6 Å². The van der Waals surface area contributed by atoms with Crippen LogP contribution < -0.4 is 11.1 Å². The minimum absolute atomic E-state index is 0.213. The molecule has 4 N–H and O–H groups in total. The van der Waals surface area contributed by atoms with Crippen LogP contribution in [0.15, 0.2) is 48.5 Å². The molecule has 0 saturated heterocycles. The van der Waals surface area contributed by atoms with E-state index in [1.54, 1.807) is 6.07 Å². The van der Waals surface area contributed by atoms with Crippen LogP contribution in [-0.2, 0) is 17.8 Å². The van der Waals surface area contributed by atoms with Crippen molar-refractivity contribution in [3.05, 3.63) is 65.2 Å². The van der Waals surface area contributed by atoms with Gasteiger partial charge in [0.25, 0.3) is 0 Å². The Morgan fingerprint density at radius 2 is 2.04 bits per heavy atom. The molecule has 2 aromatic carbocycles. The van der Waals surface area contributed by atoms with Gasteiger partial charge in [-0.15, -0.1) is 0 Å². The lowest BCUT2D eigenvalue weighted by molar-refractivity contribution is 0.144. The Kier molecular flexibility index (Phi) is 5.13. The summed E-state index contributed by atoms with van der Waals surface area (Å²) in [6.45, 7) is 0.213. The standard InChI is InChI=1S/C19H22N2O3/c20-17-8-4-7-14-9-10-15(11-16(14)18(17)22)21-19(23)24-12-13-5-2-1-3-6-13/h1-3,5-6,9-11,17-18,22H,4,7-8,12,20H2,(H,21,23)/t17-,18-/m1/s1. The lowest BCUT2D eigenvalue weighted by Crippen LogP contribution is -2.27. The molecule has 0 fully saturated rings. The molecule has 3 rings (SSSR count). The molecule has 5 heteroatoms. The first-order chi connectivity index (χ1) is 11.6. The topological polar surface area (TPSA) is 84.6 Å². The predicted molar refractivity (Wildman–Crippen MR) is 92.6 cm³/mol. The lowest BCUT2D eigenvalue weighted by atomic mass is 9.98. The van der Waals surface area contributed by atoms with Gasteiger partial charge in [-0.2, -0.15) is 0 Å². The Balaban J connectivity index is 1.65. The average Bonchev–Trinajstić information content (AvgIpc) is 2.74. The van der Waals surface area contributed by atoms with E-state index in [0.717, 1.165) is 36.0 Å². The number of ether oxygens (including phenoxy) is 1. The normalized spacial score (nSPS) is 19.9. The molecule has 0 bridgehead atoms. The molecule has 24 heavy (non-hydrogen) atoms. The van der Waals surface area contributed by atoms with Crippen molar-refractivity contribution in [1.29, 1.82) is 0 Å². The molecule has 0 radical (unpaired) electrons. The lowest BCUT2D eigenvalue weighted by Gasteiger charge is -2.18. The van der Waals surface area contributed by atoms with E-state index in [-0.39, 0.29) is 12.6 Å². The summed E-state index contributed by atoms with van der Waals surface area (Å²) in [7, 11) is 0. The zero-order chi connectivity index (χ0) is 16.9. The Bertz CT molecular complexity index is 703. The SMILES string of the molecule is N[C@@H]1CCCc2ccc(NC(=O)OCc3ccccc3)cc2[C@H]1O. The van der Waals surface area contributed by atoms with Gasteiger partial charge in [0.2, 0.25) is 0 Å². The van der Waals surface area contributed by atoms with Crippen molar-refractivity contribution in [2.24, 2.45) is 5.73 Å². The number of aliphatic hydroxyl groups excluding tert-OH is 1. The highest BCUT2D eigenvalue weighted by atomic mass is 16.5. The highest BCUT2D eigenvalue weighted by molar-refractivity contribution is 5.84. The Hall–Kier alpha value is -2.37. The minimum Gasteiger partial charge on any atom is -0.444 e. The van der Waals surface area contributed by atoms with Gasteiger partial charge in [-0.25, -0.2) is 4.79 Å². The van der Waals surface area contributed by atoms with Gasteiger partial charge >= 0.3 is 6.09 Å². The number of hydrogen-bond acceptors (Lipinski definition) is 4. The average molecular weight is 326 g/mol. The van der Waals surface area contributed by atoms with Crippen LogP contribution in [0.2, 0.25) is 0 Å². The fraction of sp³-hybridized carbons (Fsp3) is 0.316. The van der Waals surface area contributed by atoms with Gasteiger partial charge in [-0.1, -0.05) is 36.4 Å². The maximum absolute atomic E-state index is 11.9. The summed E-state index contributed by atoms with van der Waals surface area (Å²) in [4.78, 5) is 11.9. The van der Waals surface area contributed by atoms with E-state index in [4.69, 9.17) is 10.5 Å². The monoisotopic (exact) mass is 326 g/mol. The first-order valence-electron chi connectivity index (χ1n) is 8.17. The van der Waals surface area contributed by atoms with Crippen LogP contribution >= 0.6 is 0 Å². The number of amides is 1. The predicted octanol–water partition coefficient (Wildman–Crippen LogP) is 3.13. The molecule has 0 heterocycles. The number of fused-ring (bicyclic) bond motifs is 1. The van der Waals surface area contributed by atoms with Gasteiger partial charge in [0, 0.05) is 11.7 Å². The summed E-state index contributed by atoms with van der Waals surface area (Å²) in [5, 5.41) is 13.1. The number of hydrogen-bond donors (Lipinski definition) is 3. The smallest absolute Gasteiger partial charge is 0.411 e. The largest absolute Gasteiger partial charge is 0.444 e. The van der Waals surface area contributed by atoms with Crippen molar-refractivity contribution >= 4 is 11.8 Å². The number of anilines is 1. The van der Waals surface area contributed by atoms with Crippen molar-refractivity contribution in [1.82, 2.24) is 0 Å². The van der Waals surface area contributed by atoms with Crippen molar-refractivity contribution in [3.8, 4) is 0 Å². The molecular weight excluding hydrogens is 304 g/mol. The number of carbonyl (C=O) groups excluding carboxylic acids is 1. The van der Waals surface area contributed by atoms with Crippen LogP contribution in [0.25, 0.3) is 0 Å². The summed E-state index contributed by atoms with van der Waals surface area (Å²) < 4.78 is 5.21. The Morgan fingerprint density at radius 3 is 2.83 bits per heavy atom. The van der Waals surface area contributed by atoms with E-state index in [0.29, 0.717) is 5.69 Å². The fourth-order valence-electron chi connectivity index (χ4n) is 2.97. The molecule has 5 nitrogen and oxygen atoms in total. The van der Waals surface area contributed by atoms with E-state index in [1.165, 1.54) is 0 Å². The van der Waals surface area contributed by atoms with Crippen molar-refractivity contribution < 1.29 is 14.6 Å². The molecule has 0 spiro atoms. The molecule has 1 amide bonds. The van der Waals surface area contributed by atoms with Crippen LogP contribution in [-0.4, -0.2) is 17.2 Å². The number of nitrogens with two attached hydrogens (primary N) is 1. The Labute approximate surface area is 141 Å². The molecule has 0 saturated carbocycles. The molecule has 2 atom stereocenters. The van der Waals surface area contributed by atoms with Gasteiger partial charge in [-0.05, 0) is 48.1 Å². The summed E-state index contributed by atoms with van der Waals surface area (Å²) in [5.41, 5.74) is 9.39. The van der Waals surface area contributed by atoms with Gasteiger partial charge in [0.05, 0.1) is 6.10 Å². The highest BCUT2D eigenvalue weighted by Crippen LogP contribution is 2.30. The second-order valence-corrected chi connectivity index (χ2v) is 6.10. The maximum Gasteiger partial charge on any atom is 0.411 e. The highest BCUT2D eigenvalue weighted by Gasteiger charge is 2.23. The minimum atomic E-state index is -0.704. The quantitative estimate of drug-likeness (QED) is 0.757. The van der Waals surface area contributed by atoms with E-state index in [9.17, 15) is 9.90 Å². The van der Waals surface area contributed by atoms with Crippen LogP contribution in [0.1, 0.15) is 35.6 Å². The van der Waals surface area contributed by atoms with Gasteiger partial charge in [0.15, 0.2) is 0 Å². The first kappa shape index (κ1) is 16.5. The third kappa shape index (κ3) is 3.93. The van der Waals surface area contributed by atoms with Crippen molar-refractivity contribution in [2.45, 2.75) is 38.0 Å². The van der Waals surface area contributed by atoms with E-state index in [1.807, 2.05) is 42.5 Å². The third-order valence-electron chi connectivity index (χ3n) is 4.31. The summed E-state index contributed by atoms with van der Waals surface area (Å²) in [5.74, 6) is 0. The molecule has 1 aliphatic rings. The van der Waals surface area contributed by atoms with Gasteiger partial charge in [-0.3, -0.25) is 5.32 Å². The molecule has 1 aliphatic carbocycles. The van der Waals surface area contributed by atoms with Gasteiger partial charge in [0.1, 0.15) is 6.61 Å². The van der Waals surface area contributed by atoms with Crippen LogP contribution in [0.5, 0.6) is 0 Å². The summed E-state index contributed by atoms with van der Waals surface area (Å²) in [6.07, 6.45) is 1.41. The zero-order valence-electron chi connectivity index (χ0n) is 13.4. The first-order valence-corrected chi connectivity index (χ1v) is 8.17. The van der Waals surface area contributed by atoms with Crippen LogP contribution in [0.3, 0.4) is 0 Å². The number of nitrogens with one attached hydrogen (secondary N) is 1. The molecular formula is C19H22N2O3. The van der Waals surface area contributed by atoms with Crippen molar-refractivity contribution in [3.63, 3.8) is 0 Å². The summed E-state index contributed by atoms with van der Waals surface area (Å²) >= 11 is 0. The van der Waals surface area contributed by atoms with E-state index < -0.39 is 12.2 Å². The number of aryl methyl sites for hydroxylation is 1. The van der Waals surface area contributed by atoms with Crippen molar-refractivity contribution in [2.75, 3.05) is 5.32 Å². The zero-order valence-corrected chi connectivity index (χ0v) is 13.4. The van der Waals surface area contributed by atoms with E-state index >= 15 is 0 Å². The molecule has 0 aliphatic heterocycles. The van der Waals surface area contributed by atoms with E-state index in [2.05, 4.69) is 5.32 Å². The molecule has 2 aromatic rings. The molecule has 0 aromatic heterocycles. The van der Waals surface area contributed by atoms with Crippen LogP contribution in [0.4, 0.5) is 10.5 Å². The third-order valence-corrected chi connectivity index (χ3v) is 4.31. The molecule has 126 valence electrons. The summed E-state index contributed by atoms with van der Waals surface area (Å²) in [6, 6.07) is 14.8. The second-order valence-electron chi connectivity index (χ2n) is 6.10. The Morgan fingerprint density at radius 1 is 1.25 bits per heavy atom. The van der Waals surface area contributed by atoms with Crippen LogP contribution in [0, 0.1) is 0 Å².